The fourth-order valence-corrected chi connectivity index (χ4v) is 2.98. The van der Waals surface area contributed by atoms with Crippen LogP contribution in [0.1, 0.15) is 0 Å². The highest BCUT2D eigenvalue weighted by molar-refractivity contribution is 7.99. The molecule has 0 aromatic heterocycles. The first kappa shape index (κ1) is 14.2. The molecule has 0 bridgehead atoms. The average Bonchev–Trinajstić information content (AvgIpc) is 2.17. The average molecular weight is 272 g/mol. The molecule has 6 nitrogen and oxygen atoms in total. The lowest BCUT2D eigenvalue weighted by Crippen LogP contribution is -2.34. The summed E-state index contributed by atoms with van der Waals surface area (Å²) in [7, 11) is -3.10. The Kier molecular flexibility index (Phi) is 6.01. The van der Waals surface area contributed by atoms with Gasteiger partial charge >= 0.3 is 0 Å². The lowest BCUT2D eigenvalue weighted by atomic mass is 10.4. The first-order valence-electron chi connectivity index (χ1n) is 4.79. The first-order chi connectivity index (χ1) is 7.49. The van der Waals surface area contributed by atoms with Gasteiger partial charge < -0.3 is 19.7 Å². The monoisotopic (exact) mass is 272 g/mol. The molecular weight excluding hydrogens is 256 g/mol. The van der Waals surface area contributed by atoms with Crippen molar-refractivity contribution in [1.29, 1.82) is 0 Å². The molecule has 2 atom stereocenters. The molecule has 2 saturated heterocycles. The molecule has 0 aromatic carbocycles. The van der Waals surface area contributed by atoms with Crippen molar-refractivity contribution in [2.24, 2.45) is 0 Å². The van der Waals surface area contributed by atoms with E-state index < -0.39 is 15.9 Å². The van der Waals surface area contributed by atoms with E-state index in [2.05, 4.69) is 4.74 Å². The van der Waals surface area contributed by atoms with Crippen molar-refractivity contribution in [3.8, 4) is 0 Å². The highest BCUT2D eigenvalue weighted by atomic mass is 32.2. The van der Waals surface area contributed by atoms with Gasteiger partial charge in [-0.1, -0.05) is 0 Å². The summed E-state index contributed by atoms with van der Waals surface area (Å²) >= 11 is 1.63. The molecule has 0 aromatic rings. The van der Waals surface area contributed by atoms with Crippen molar-refractivity contribution in [1.82, 2.24) is 0 Å². The van der Waals surface area contributed by atoms with E-state index in [1.807, 2.05) is 0 Å². The van der Waals surface area contributed by atoms with Crippen molar-refractivity contribution < 1.29 is 28.1 Å². The van der Waals surface area contributed by atoms with E-state index >= 15 is 0 Å². The predicted octanol–water partition coefficient (Wildman–Crippen LogP) is -1.18. The highest BCUT2D eigenvalue weighted by Crippen LogP contribution is 2.09. The molecule has 0 amide bonds. The van der Waals surface area contributed by atoms with E-state index in [0.29, 0.717) is 6.61 Å². The van der Waals surface area contributed by atoms with Gasteiger partial charge in [0.1, 0.15) is 5.94 Å². The normalized spacial score (nSPS) is 33.6. The minimum absolute atomic E-state index is 0.138. The number of hydrogen-bond acceptors (Lipinski definition) is 7. The largest absolute Gasteiger partial charge is 0.390 e. The smallest absolute Gasteiger partial charge is 0.176 e. The Morgan fingerprint density at radius 1 is 1.12 bits per heavy atom. The summed E-state index contributed by atoms with van der Waals surface area (Å²) in [5.74, 6) is 1.17. The molecule has 2 aliphatic rings. The predicted molar refractivity (Wildman–Crippen MR) is 59.9 cm³/mol. The fourth-order valence-electron chi connectivity index (χ4n) is 1.18. The zero-order valence-electron chi connectivity index (χ0n) is 8.74. The van der Waals surface area contributed by atoms with E-state index in [1.165, 1.54) is 0 Å². The van der Waals surface area contributed by atoms with E-state index in [4.69, 9.17) is 14.9 Å². The van der Waals surface area contributed by atoms with Gasteiger partial charge in [0.25, 0.3) is 0 Å². The van der Waals surface area contributed by atoms with Crippen LogP contribution in [-0.4, -0.2) is 67.4 Å². The minimum Gasteiger partial charge on any atom is -0.390 e. The van der Waals surface area contributed by atoms with Gasteiger partial charge in [-0.2, -0.15) is 0 Å². The van der Waals surface area contributed by atoms with Crippen molar-refractivity contribution in [2.45, 2.75) is 12.2 Å². The molecule has 0 aliphatic carbocycles. The maximum absolute atomic E-state index is 10.6. The zero-order valence-corrected chi connectivity index (χ0v) is 10.4. The Morgan fingerprint density at radius 2 is 1.81 bits per heavy atom. The van der Waals surface area contributed by atoms with E-state index in [9.17, 15) is 8.42 Å². The lowest BCUT2D eigenvalue weighted by Gasteiger charge is -2.16. The number of hydrogen-bond donors (Lipinski definition) is 2. The summed E-state index contributed by atoms with van der Waals surface area (Å²) in [6, 6.07) is 0. The van der Waals surface area contributed by atoms with Crippen LogP contribution in [0.15, 0.2) is 0 Å². The van der Waals surface area contributed by atoms with Crippen molar-refractivity contribution in [3.05, 3.63) is 0 Å². The van der Waals surface area contributed by atoms with Gasteiger partial charge in [0, 0.05) is 5.75 Å². The van der Waals surface area contributed by atoms with Gasteiger partial charge in [-0.3, -0.25) is 0 Å². The van der Waals surface area contributed by atoms with E-state index in [0.717, 1.165) is 11.7 Å². The van der Waals surface area contributed by atoms with Crippen LogP contribution in [-0.2, 0) is 19.3 Å². The van der Waals surface area contributed by atoms with Crippen molar-refractivity contribution in [3.63, 3.8) is 0 Å². The van der Waals surface area contributed by atoms with Crippen LogP contribution in [0.25, 0.3) is 0 Å². The second kappa shape index (κ2) is 6.77. The lowest BCUT2D eigenvalue weighted by molar-refractivity contribution is 0.0567. The number of rotatable bonds is 0. The van der Waals surface area contributed by atoms with E-state index in [1.54, 1.807) is 11.8 Å². The molecule has 0 saturated carbocycles. The first-order valence-corrected chi connectivity index (χ1v) is 7.77. The number of thioether (sulfide) groups is 1. The van der Waals surface area contributed by atoms with Crippen LogP contribution < -0.4 is 0 Å². The number of aliphatic hydroxyl groups excluding tert-OH is 2. The quantitative estimate of drug-likeness (QED) is 0.573. The number of sulfone groups is 1. The number of ether oxygens (including phenoxy) is 2. The van der Waals surface area contributed by atoms with Crippen LogP contribution >= 0.6 is 11.8 Å². The van der Waals surface area contributed by atoms with Crippen LogP contribution in [0.3, 0.4) is 0 Å². The molecule has 8 heteroatoms. The summed E-state index contributed by atoms with van der Waals surface area (Å²) in [6.45, 7) is 0.659. The molecule has 16 heavy (non-hydrogen) atoms. The molecule has 2 heterocycles. The third kappa shape index (κ3) is 6.02. The van der Waals surface area contributed by atoms with Gasteiger partial charge in [0.2, 0.25) is 0 Å². The van der Waals surface area contributed by atoms with E-state index in [-0.39, 0.29) is 24.4 Å². The molecule has 2 aliphatic heterocycles. The van der Waals surface area contributed by atoms with Gasteiger partial charge in [0.05, 0.1) is 37.1 Å². The molecule has 2 rings (SSSR count). The summed E-state index contributed by atoms with van der Waals surface area (Å²) in [5.41, 5.74) is 0. The molecule has 96 valence electrons. The van der Waals surface area contributed by atoms with Crippen LogP contribution in [0.4, 0.5) is 0 Å². The second-order valence-corrected chi connectivity index (χ2v) is 6.60. The third-order valence-electron chi connectivity index (χ3n) is 1.81. The van der Waals surface area contributed by atoms with Crippen LogP contribution in [0.5, 0.6) is 0 Å². The Balaban J connectivity index is 0.000000165. The maximum Gasteiger partial charge on any atom is 0.176 e. The molecule has 0 spiro atoms. The summed E-state index contributed by atoms with van der Waals surface area (Å²) < 4.78 is 30.6. The van der Waals surface area contributed by atoms with Gasteiger partial charge in [-0.25, -0.2) is 8.42 Å². The number of aliphatic hydroxyl groups is 2. The molecule has 2 unspecified atom stereocenters. The van der Waals surface area contributed by atoms with Gasteiger partial charge in [0.15, 0.2) is 9.84 Å². The van der Waals surface area contributed by atoms with Crippen molar-refractivity contribution >= 4 is 21.6 Å². The summed E-state index contributed by atoms with van der Waals surface area (Å²) in [4.78, 5) is 0. The SMILES string of the molecule is O=S1(=O)COCC(O)C1.OC1COCSC1. The minimum atomic E-state index is -3.10. The highest BCUT2D eigenvalue weighted by Gasteiger charge is 2.22. The molecule has 2 fully saturated rings. The topological polar surface area (TPSA) is 93.1 Å². The Morgan fingerprint density at radius 3 is 2.12 bits per heavy atom. The van der Waals surface area contributed by atoms with Crippen LogP contribution in [0, 0.1) is 0 Å². The van der Waals surface area contributed by atoms with Crippen molar-refractivity contribution in [2.75, 3.05) is 36.6 Å². The zero-order chi connectivity index (χ0) is 12.0. The van der Waals surface area contributed by atoms with Gasteiger partial charge in [-0.15, -0.1) is 11.8 Å². The van der Waals surface area contributed by atoms with Gasteiger partial charge in [-0.05, 0) is 0 Å². The second-order valence-electron chi connectivity index (χ2n) is 3.57. The molecule has 2 N–H and O–H groups in total. The summed E-state index contributed by atoms with van der Waals surface area (Å²) in [6.07, 6.45) is -1.05. The molecule has 0 radical (unpaired) electrons. The Bertz CT molecular complexity index is 285. The third-order valence-corrected chi connectivity index (χ3v) is 4.18. The molecular formula is C8H16O6S2. The standard InChI is InChI=1S/C4H8O4S.C4H8O2S/c5-4-1-8-3-9(6,7)2-4;5-4-1-6-3-7-2-4/h4-5H,1-3H2;4-5H,1-3H2. The summed E-state index contributed by atoms with van der Waals surface area (Å²) in [5, 5.41) is 17.5. The maximum atomic E-state index is 10.6. The Labute approximate surface area is 98.9 Å². The fraction of sp³-hybridized carbons (Fsp3) is 1.00. The Hall–Kier alpha value is 0.140. The van der Waals surface area contributed by atoms with Crippen LogP contribution in [0.2, 0.25) is 0 Å².